The van der Waals surface area contributed by atoms with Gasteiger partial charge in [-0.05, 0) is 113 Å². The highest BCUT2D eigenvalue weighted by Gasteiger charge is 2.21. The number of aldehydes is 2. The summed E-state index contributed by atoms with van der Waals surface area (Å²) in [6.07, 6.45) is 1.75. The SMILES string of the molecule is COc1ccc(-c2cc(-c3ccc(C=O)cc3)c3ccc4c(-c5ccc(C=O)cc5)cc(-c5ccc(OC)cc5)c5ccc2c3c45)cc1. The minimum atomic E-state index is 0.640. The summed E-state index contributed by atoms with van der Waals surface area (Å²) in [5.74, 6) is 1.60. The maximum absolute atomic E-state index is 11.5. The molecule has 0 radical (unpaired) electrons. The molecule has 8 aromatic carbocycles. The van der Waals surface area contributed by atoms with Crippen LogP contribution in [0.5, 0.6) is 11.5 Å². The molecular weight excluding hydrogens is 592 g/mol. The van der Waals surface area contributed by atoms with E-state index in [1.807, 2.05) is 72.8 Å². The van der Waals surface area contributed by atoms with Crippen molar-refractivity contribution in [3.8, 4) is 56.0 Å². The molecule has 0 aromatic heterocycles. The molecule has 4 heteroatoms. The van der Waals surface area contributed by atoms with E-state index in [4.69, 9.17) is 9.47 Å². The predicted molar refractivity (Wildman–Crippen MR) is 196 cm³/mol. The number of hydrogen-bond donors (Lipinski definition) is 0. The Morgan fingerprint density at radius 1 is 0.375 bits per heavy atom. The lowest BCUT2D eigenvalue weighted by molar-refractivity contribution is 0.111. The molecule has 8 rings (SSSR count). The average molecular weight is 623 g/mol. The van der Waals surface area contributed by atoms with Crippen molar-refractivity contribution in [1.29, 1.82) is 0 Å². The fourth-order valence-corrected chi connectivity index (χ4v) is 6.97. The quantitative estimate of drug-likeness (QED) is 0.125. The van der Waals surface area contributed by atoms with Crippen LogP contribution in [0.2, 0.25) is 0 Å². The van der Waals surface area contributed by atoms with E-state index >= 15 is 0 Å². The van der Waals surface area contributed by atoms with Crippen molar-refractivity contribution in [1.82, 2.24) is 0 Å². The van der Waals surface area contributed by atoms with Crippen LogP contribution in [-0.2, 0) is 0 Å². The fraction of sp³-hybridized carbons (Fsp3) is 0.0455. The van der Waals surface area contributed by atoms with E-state index < -0.39 is 0 Å². The largest absolute Gasteiger partial charge is 0.497 e. The molecule has 0 amide bonds. The molecule has 0 heterocycles. The van der Waals surface area contributed by atoms with Crippen LogP contribution in [0, 0.1) is 0 Å². The molecule has 0 saturated heterocycles. The lowest BCUT2D eigenvalue weighted by atomic mass is 9.82. The highest BCUT2D eigenvalue weighted by molar-refractivity contribution is 6.32. The number of methoxy groups -OCH3 is 2. The summed E-state index contributed by atoms with van der Waals surface area (Å²) in [5.41, 5.74) is 9.92. The first kappa shape index (κ1) is 29.2. The van der Waals surface area contributed by atoms with Gasteiger partial charge in [-0.3, -0.25) is 9.59 Å². The molecule has 0 unspecified atom stereocenters. The van der Waals surface area contributed by atoms with Gasteiger partial charge in [0.25, 0.3) is 0 Å². The molecule has 8 aromatic rings. The van der Waals surface area contributed by atoms with Crippen LogP contribution in [0.25, 0.3) is 76.8 Å². The maximum atomic E-state index is 11.5. The van der Waals surface area contributed by atoms with Crippen LogP contribution in [0.3, 0.4) is 0 Å². The first-order valence-corrected chi connectivity index (χ1v) is 15.8. The fourth-order valence-electron chi connectivity index (χ4n) is 6.97. The van der Waals surface area contributed by atoms with Gasteiger partial charge >= 0.3 is 0 Å². The molecule has 230 valence electrons. The van der Waals surface area contributed by atoms with Gasteiger partial charge in [-0.25, -0.2) is 0 Å². The number of carbonyl (C=O) groups excluding carboxylic acids is 2. The highest BCUT2D eigenvalue weighted by atomic mass is 16.5. The van der Waals surface area contributed by atoms with Gasteiger partial charge < -0.3 is 9.47 Å². The van der Waals surface area contributed by atoms with Crippen molar-refractivity contribution in [2.24, 2.45) is 0 Å². The monoisotopic (exact) mass is 622 g/mol. The van der Waals surface area contributed by atoms with E-state index in [9.17, 15) is 9.59 Å². The molecule has 0 atom stereocenters. The van der Waals surface area contributed by atoms with E-state index in [0.29, 0.717) is 11.1 Å². The highest BCUT2D eigenvalue weighted by Crippen LogP contribution is 2.48. The van der Waals surface area contributed by atoms with Crippen LogP contribution in [0.15, 0.2) is 133 Å². The Balaban J connectivity index is 1.52. The zero-order valence-electron chi connectivity index (χ0n) is 26.5. The first-order chi connectivity index (χ1) is 23.6. The minimum Gasteiger partial charge on any atom is -0.497 e. The Labute approximate surface area is 278 Å². The smallest absolute Gasteiger partial charge is 0.150 e. The second-order valence-electron chi connectivity index (χ2n) is 12.0. The zero-order valence-corrected chi connectivity index (χ0v) is 26.5. The second kappa shape index (κ2) is 11.8. The number of benzene rings is 8. The van der Waals surface area contributed by atoms with Crippen molar-refractivity contribution in [3.05, 3.63) is 145 Å². The molecular formula is C44H30O4. The van der Waals surface area contributed by atoms with Crippen molar-refractivity contribution < 1.29 is 19.1 Å². The third-order valence-electron chi connectivity index (χ3n) is 9.42. The van der Waals surface area contributed by atoms with Crippen molar-refractivity contribution >= 4 is 44.9 Å². The van der Waals surface area contributed by atoms with Crippen LogP contribution in [0.4, 0.5) is 0 Å². The topological polar surface area (TPSA) is 52.6 Å². The Bertz CT molecular complexity index is 2280. The summed E-state index contributed by atoms with van der Waals surface area (Å²) in [6, 6.07) is 45.4. The Morgan fingerprint density at radius 2 is 0.646 bits per heavy atom. The lowest BCUT2D eigenvalue weighted by Gasteiger charge is -2.21. The van der Waals surface area contributed by atoms with Gasteiger partial charge in [0.05, 0.1) is 14.2 Å². The third kappa shape index (κ3) is 4.78. The first-order valence-electron chi connectivity index (χ1n) is 15.8. The van der Waals surface area contributed by atoms with Crippen molar-refractivity contribution in [3.63, 3.8) is 0 Å². The van der Waals surface area contributed by atoms with Crippen molar-refractivity contribution in [2.45, 2.75) is 0 Å². The van der Waals surface area contributed by atoms with Gasteiger partial charge in [-0.2, -0.15) is 0 Å². The zero-order chi connectivity index (χ0) is 32.8. The molecule has 0 fully saturated rings. The predicted octanol–water partition coefficient (Wildman–Crippen LogP) is 10.9. The van der Waals surface area contributed by atoms with Gasteiger partial charge in [-0.15, -0.1) is 0 Å². The lowest BCUT2D eigenvalue weighted by Crippen LogP contribution is -1.95. The summed E-state index contributed by atoms with van der Waals surface area (Å²) in [6.45, 7) is 0. The summed E-state index contributed by atoms with van der Waals surface area (Å²) in [4.78, 5) is 23.0. The van der Waals surface area contributed by atoms with Gasteiger partial charge in [-0.1, -0.05) is 97.1 Å². The van der Waals surface area contributed by atoms with E-state index in [2.05, 4.69) is 60.7 Å². The number of carbonyl (C=O) groups is 2. The number of ether oxygens (including phenoxy) is 2. The minimum absolute atomic E-state index is 0.640. The van der Waals surface area contributed by atoms with E-state index in [0.717, 1.165) is 90.1 Å². The van der Waals surface area contributed by atoms with Crippen LogP contribution in [-0.4, -0.2) is 26.8 Å². The Kier molecular flexibility index (Phi) is 7.19. The van der Waals surface area contributed by atoms with Gasteiger partial charge in [0, 0.05) is 11.1 Å². The molecule has 48 heavy (non-hydrogen) atoms. The van der Waals surface area contributed by atoms with Crippen LogP contribution in [0.1, 0.15) is 20.7 Å². The summed E-state index contributed by atoms with van der Waals surface area (Å²) in [5, 5.41) is 6.91. The standard InChI is InChI=1S/C44H30O4/c1-47-33-15-11-31(12-16-33)41-23-39(29-7-3-27(25-45)4-8-29)35-19-20-36-40(30-9-5-28(26-46)6-10-30)24-42(32-13-17-34(48-2)18-14-32)38-22-21-37(41)43(35)44(36)38/h3-26H,1-2H3. The van der Waals surface area contributed by atoms with Crippen molar-refractivity contribution in [2.75, 3.05) is 14.2 Å². The van der Waals surface area contributed by atoms with E-state index in [-0.39, 0.29) is 0 Å². The molecule has 0 aliphatic carbocycles. The number of rotatable bonds is 8. The normalized spacial score (nSPS) is 11.3. The molecule has 0 aliphatic heterocycles. The average Bonchev–Trinajstić information content (AvgIpc) is 3.16. The summed E-state index contributed by atoms with van der Waals surface area (Å²) < 4.78 is 11.0. The van der Waals surface area contributed by atoms with Gasteiger partial charge in [0.2, 0.25) is 0 Å². The van der Waals surface area contributed by atoms with E-state index in [1.165, 1.54) is 10.8 Å². The molecule has 0 N–H and O–H groups in total. The molecule has 0 bridgehead atoms. The van der Waals surface area contributed by atoms with E-state index in [1.54, 1.807) is 14.2 Å². The summed E-state index contributed by atoms with van der Waals surface area (Å²) >= 11 is 0. The molecule has 4 nitrogen and oxygen atoms in total. The van der Waals surface area contributed by atoms with Gasteiger partial charge in [0.15, 0.2) is 0 Å². The van der Waals surface area contributed by atoms with Gasteiger partial charge in [0.1, 0.15) is 24.1 Å². The second-order valence-corrected chi connectivity index (χ2v) is 12.0. The Hall–Kier alpha value is -6.26. The molecule has 0 spiro atoms. The van der Waals surface area contributed by atoms with Crippen LogP contribution >= 0.6 is 0 Å². The Morgan fingerprint density at radius 3 is 0.896 bits per heavy atom. The maximum Gasteiger partial charge on any atom is 0.150 e. The summed E-state index contributed by atoms with van der Waals surface area (Å²) in [7, 11) is 3.35. The third-order valence-corrected chi connectivity index (χ3v) is 9.42. The number of hydrogen-bond acceptors (Lipinski definition) is 4. The van der Waals surface area contributed by atoms with Crippen LogP contribution < -0.4 is 9.47 Å². The molecule has 0 saturated carbocycles. The molecule has 0 aliphatic rings.